The van der Waals surface area contributed by atoms with Gasteiger partial charge in [0.25, 0.3) is 0 Å². The summed E-state index contributed by atoms with van der Waals surface area (Å²) < 4.78 is 5.08. The molecule has 5 heteroatoms. The Morgan fingerprint density at radius 2 is 2.10 bits per heavy atom. The van der Waals surface area contributed by atoms with Gasteiger partial charge in [-0.1, -0.05) is 30.9 Å². The number of benzene rings is 1. The van der Waals surface area contributed by atoms with Gasteiger partial charge in [0.1, 0.15) is 5.75 Å². The van der Waals surface area contributed by atoms with Crippen LogP contribution in [0.15, 0.2) is 18.2 Å². The Hall–Kier alpha value is -1.26. The molecule has 0 heterocycles. The number of hydrogen-bond acceptors (Lipinski definition) is 3. The number of nitrogens with two attached hydrogens (primary N) is 1. The summed E-state index contributed by atoms with van der Waals surface area (Å²) in [7, 11) is 1.56. The van der Waals surface area contributed by atoms with Gasteiger partial charge in [0.05, 0.1) is 12.1 Å². The molecule has 110 valence electrons. The quantitative estimate of drug-likeness (QED) is 0.895. The molecule has 2 rings (SSSR count). The fourth-order valence-electron chi connectivity index (χ4n) is 2.70. The van der Waals surface area contributed by atoms with E-state index in [0.717, 1.165) is 25.7 Å². The number of rotatable bonds is 4. The third kappa shape index (κ3) is 3.87. The normalized spacial score (nSPS) is 17.6. The molecule has 4 nitrogen and oxygen atoms in total. The summed E-state index contributed by atoms with van der Waals surface area (Å²) >= 11 is 6.03. The van der Waals surface area contributed by atoms with Crippen LogP contribution in [0.25, 0.3) is 0 Å². The standard InChI is InChI=1S/C15H21ClN2O2/c1-20-13-6-5-11(9-12(13)16)18-14(19)10-15(17)7-3-2-4-8-15/h5-6,9H,2-4,7-8,10,17H2,1H3,(H,18,19). The maximum Gasteiger partial charge on any atom is 0.226 e. The lowest BCUT2D eigenvalue weighted by Gasteiger charge is -2.32. The van der Waals surface area contributed by atoms with E-state index < -0.39 is 0 Å². The van der Waals surface area contributed by atoms with Gasteiger partial charge in [-0.25, -0.2) is 0 Å². The lowest BCUT2D eigenvalue weighted by atomic mass is 9.80. The lowest BCUT2D eigenvalue weighted by Crippen LogP contribution is -2.44. The lowest BCUT2D eigenvalue weighted by molar-refractivity contribution is -0.117. The number of methoxy groups -OCH3 is 1. The van der Waals surface area contributed by atoms with Gasteiger partial charge in [-0.3, -0.25) is 4.79 Å². The zero-order valence-electron chi connectivity index (χ0n) is 11.7. The largest absolute Gasteiger partial charge is 0.495 e. The molecule has 1 fully saturated rings. The van der Waals surface area contributed by atoms with Gasteiger partial charge >= 0.3 is 0 Å². The topological polar surface area (TPSA) is 64.3 Å². The predicted molar refractivity (Wildman–Crippen MR) is 81.3 cm³/mol. The molecule has 0 unspecified atom stereocenters. The Morgan fingerprint density at radius 1 is 1.40 bits per heavy atom. The highest BCUT2D eigenvalue weighted by Crippen LogP contribution is 2.30. The molecule has 0 atom stereocenters. The number of anilines is 1. The van der Waals surface area contributed by atoms with E-state index in [2.05, 4.69) is 5.32 Å². The van der Waals surface area contributed by atoms with Crippen LogP contribution in [0.3, 0.4) is 0 Å². The number of carbonyl (C=O) groups is 1. The van der Waals surface area contributed by atoms with Crippen LogP contribution in [-0.2, 0) is 4.79 Å². The van der Waals surface area contributed by atoms with Crippen LogP contribution in [0.5, 0.6) is 5.75 Å². The Morgan fingerprint density at radius 3 is 2.70 bits per heavy atom. The maximum absolute atomic E-state index is 12.1. The number of ether oxygens (including phenoxy) is 1. The molecule has 0 radical (unpaired) electrons. The summed E-state index contributed by atoms with van der Waals surface area (Å²) in [6, 6.07) is 5.19. The van der Waals surface area contributed by atoms with Crippen LogP contribution in [0.1, 0.15) is 38.5 Å². The van der Waals surface area contributed by atoms with Crippen molar-refractivity contribution < 1.29 is 9.53 Å². The van der Waals surface area contributed by atoms with E-state index in [1.807, 2.05) is 0 Å². The summed E-state index contributed by atoms with van der Waals surface area (Å²) in [5.74, 6) is 0.530. The Bertz CT molecular complexity index is 485. The third-order valence-electron chi connectivity index (χ3n) is 3.80. The van der Waals surface area contributed by atoms with Crippen molar-refractivity contribution in [1.82, 2.24) is 0 Å². The molecule has 1 amide bonds. The van der Waals surface area contributed by atoms with Crippen LogP contribution in [-0.4, -0.2) is 18.6 Å². The molecule has 0 bridgehead atoms. The predicted octanol–water partition coefficient (Wildman–Crippen LogP) is 3.34. The number of halogens is 1. The number of nitrogens with one attached hydrogen (secondary N) is 1. The molecule has 1 aliphatic carbocycles. The van der Waals surface area contributed by atoms with Gasteiger partial charge in [0.15, 0.2) is 0 Å². The molecule has 1 aliphatic rings. The van der Waals surface area contributed by atoms with Crippen molar-refractivity contribution >= 4 is 23.2 Å². The third-order valence-corrected chi connectivity index (χ3v) is 4.09. The van der Waals surface area contributed by atoms with E-state index in [0.29, 0.717) is 22.9 Å². The van der Waals surface area contributed by atoms with Crippen LogP contribution in [0.4, 0.5) is 5.69 Å². The molecule has 3 N–H and O–H groups in total. The highest BCUT2D eigenvalue weighted by atomic mass is 35.5. The molecule has 0 aromatic heterocycles. The first-order valence-electron chi connectivity index (χ1n) is 6.95. The van der Waals surface area contributed by atoms with E-state index in [-0.39, 0.29) is 11.4 Å². The molecule has 0 spiro atoms. The molecule has 20 heavy (non-hydrogen) atoms. The summed E-state index contributed by atoms with van der Waals surface area (Å²) in [5, 5.41) is 3.32. The summed E-state index contributed by atoms with van der Waals surface area (Å²) in [6.45, 7) is 0. The Labute approximate surface area is 124 Å². The molecule has 1 aromatic carbocycles. The fourth-order valence-corrected chi connectivity index (χ4v) is 2.96. The van der Waals surface area contributed by atoms with E-state index in [1.54, 1.807) is 25.3 Å². The maximum atomic E-state index is 12.1. The van der Waals surface area contributed by atoms with Crippen molar-refractivity contribution in [2.45, 2.75) is 44.1 Å². The van der Waals surface area contributed by atoms with E-state index in [4.69, 9.17) is 22.1 Å². The van der Waals surface area contributed by atoms with Gasteiger partial charge < -0.3 is 15.8 Å². The van der Waals surface area contributed by atoms with Gasteiger partial charge in [-0.2, -0.15) is 0 Å². The second kappa shape index (κ2) is 6.46. The van der Waals surface area contributed by atoms with Crippen LogP contribution in [0.2, 0.25) is 5.02 Å². The SMILES string of the molecule is COc1ccc(NC(=O)CC2(N)CCCCC2)cc1Cl. The summed E-state index contributed by atoms with van der Waals surface area (Å²) in [4.78, 5) is 12.1. The highest BCUT2D eigenvalue weighted by Gasteiger charge is 2.29. The zero-order chi connectivity index (χ0) is 14.6. The van der Waals surface area contributed by atoms with Crippen molar-refractivity contribution in [1.29, 1.82) is 0 Å². The number of carbonyl (C=O) groups excluding carboxylic acids is 1. The van der Waals surface area contributed by atoms with Gasteiger partial charge in [-0.15, -0.1) is 0 Å². The minimum Gasteiger partial charge on any atom is -0.495 e. The second-order valence-corrected chi connectivity index (χ2v) is 5.90. The second-order valence-electron chi connectivity index (χ2n) is 5.50. The van der Waals surface area contributed by atoms with E-state index in [9.17, 15) is 4.79 Å². The van der Waals surface area contributed by atoms with Crippen LogP contribution in [0, 0.1) is 0 Å². The molecular formula is C15H21ClN2O2. The van der Waals surface area contributed by atoms with Crippen molar-refractivity contribution in [2.75, 3.05) is 12.4 Å². The highest BCUT2D eigenvalue weighted by molar-refractivity contribution is 6.32. The zero-order valence-corrected chi connectivity index (χ0v) is 12.5. The molecule has 0 saturated heterocycles. The Kier molecular flexibility index (Phi) is 4.89. The molecule has 1 aromatic rings. The Balaban J connectivity index is 1.95. The smallest absolute Gasteiger partial charge is 0.226 e. The summed E-state index contributed by atoms with van der Waals surface area (Å²) in [6.07, 6.45) is 5.63. The average Bonchev–Trinajstić information content (AvgIpc) is 2.39. The van der Waals surface area contributed by atoms with E-state index >= 15 is 0 Å². The van der Waals surface area contributed by atoms with Gasteiger partial charge in [0.2, 0.25) is 5.91 Å². The van der Waals surface area contributed by atoms with Crippen LogP contribution >= 0.6 is 11.6 Å². The van der Waals surface area contributed by atoms with Crippen LogP contribution < -0.4 is 15.8 Å². The van der Waals surface area contributed by atoms with Crippen molar-refractivity contribution in [3.05, 3.63) is 23.2 Å². The fraction of sp³-hybridized carbons (Fsp3) is 0.533. The van der Waals surface area contributed by atoms with Gasteiger partial charge in [-0.05, 0) is 31.0 Å². The monoisotopic (exact) mass is 296 g/mol. The first-order valence-corrected chi connectivity index (χ1v) is 7.32. The number of hydrogen-bond donors (Lipinski definition) is 2. The van der Waals surface area contributed by atoms with Gasteiger partial charge in [0, 0.05) is 17.6 Å². The molecular weight excluding hydrogens is 276 g/mol. The minimum absolute atomic E-state index is 0.0596. The first-order chi connectivity index (χ1) is 9.52. The number of amides is 1. The minimum atomic E-state index is -0.349. The van der Waals surface area contributed by atoms with E-state index in [1.165, 1.54) is 6.42 Å². The molecule has 1 saturated carbocycles. The van der Waals surface area contributed by atoms with Crippen molar-refractivity contribution in [3.63, 3.8) is 0 Å². The molecule has 0 aliphatic heterocycles. The van der Waals surface area contributed by atoms with Crippen molar-refractivity contribution in [3.8, 4) is 5.75 Å². The average molecular weight is 297 g/mol. The summed E-state index contributed by atoms with van der Waals surface area (Å²) in [5.41, 5.74) is 6.60. The van der Waals surface area contributed by atoms with Crippen molar-refractivity contribution in [2.24, 2.45) is 5.73 Å². The first kappa shape index (κ1) is 15.1.